The van der Waals surface area contributed by atoms with Crippen LogP contribution in [0, 0.1) is 19.7 Å². The second kappa shape index (κ2) is 9.06. The maximum atomic E-state index is 14.9. The van der Waals surface area contributed by atoms with E-state index >= 15 is 0 Å². The normalized spacial score (nSPS) is 14.8. The van der Waals surface area contributed by atoms with Gasteiger partial charge in [-0.1, -0.05) is 6.07 Å². The molecule has 1 aliphatic carbocycles. The van der Waals surface area contributed by atoms with E-state index in [1.807, 2.05) is 0 Å². The van der Waals surface area contributed by atoms with E-state index in [4.69, 9.17) is 4.74 Å². The van der Waals surface area contributed by atoms with Gasteiger partial charge in [0.05, 0.1) is 10.5 Å². The minimum atomic E-state index is -4.94. The summed E-state index contributed by atoms with van der Waals surface area (Å²) in [6, 6.07) is 7.75. The molecule has 4 rings (SSSR count). The Morgan fingerprint density at radius 1 is 1.11 bits per heavy atom. The Labute approximate surface area is 209 Å². The predicted octanol–water partition coefficient (Wildman–Crippen LogP) is 4.68. The number of carbonyl (C=O) groups excluding carboxylic acids is 1. The number of nitrogens with zero attached hydrogens (tertiary/aromatic N) is 2. The molecule has 0 radical (unpaired) electrons. The number of aliphatic hydroxyl groups is 1. The van der Waals surface area contributed by atoms with Crippen LogP contribution < -0.4 is 10.1 Å². The van der Waals surface area contributed by atoms with E-state index in [2.05, 4.69) is 15.5 Å². The molecule has 0 bridgehead atoms. The summed E-state index contributed by atoms with van der Waals surface area (Å²) in [5.41, 5.74) is -3.92. The van der Waals surface area contributed by atoms with Crippen LogP contribution in [-0.2, 0) is 21.6 Å². The molecule has 1 amide bonds. The first-order chi connectivity index (χ1) is 17.1. The molecule has 8 nitrogen and oxygen atoms in total. The molecule has 0 spiro atoms. The zero-order chi connectivity index (χ0) is 27.3. The fourth-order valence-corrected chi connectivity index (χ4v) is 4.40. The summed E-state index contributed by atoms with van der Waals surface area (Å²) < 4.78 is 84.7. The van der Waals surface area contributed by atoms with Gasteiger partial charge in [0.25, 0.3) is 11.8 Å². The number of anilines is 1. The van der Waals surface area contributed by atoms with Gasteiger partial charge in [0.1, 0.15) is 17.1 Å². The third-order valence-corrected chi connectivity index (χ3v) is 7.08. The van der Waals surface area contributed by atoms with Crippen LogP contribution in [0.3, 0.4) is 0 Å². The average molecular weight is 540 g/mol. The van der Waals surface area contributed by atoms with Crippen LogP contribution in [0.1, 0.15) is 45.6 Å². The van der Waals surface area contributed by atoms with Crippen molar-refractivity contribution < 1.29 is 40.6 Å². The Balaban J connectivity index is 1.76. The number of carbonyl (C=O) groups is 1. The van der Waals surface area contributed by atoms with Crippen LogP contribution in [0.4, 0.5) is 23.2 Å². The Morgan fingerprint density at radius 3 is 2.38 bits per heavy atom. The molecule has 13 heteroatoms. The minimum Gasteiger partial charge on any atom is -0.437 e. The molecule has 196 valence electrons. The van der Waals surface area contributed by atoms with Crippen molar-refractivity contribution >= 4 is 21.4 Å². The van der Waals surface area contributed by atoms with Crippen LogP contribution >= 0.6 is 0 Å². The van der Waals surface area contributed by atoms with Crippen LogP contribution in [0.25, 0.3) is 0 Å². The first-order valence-corrected chi connectivity index (χ1v) is 12.8. The fraction of sp³-hybridized carbons (Fsp3) is 0.292. The number of hydrogen-bond donors (Lipinski definition) is 2. The third-order valence-electron chi connectivity index (χ3n) is 5.97. The van der Waals surface area contributed by atoms with Gasteiger partial charge in [0.15, 0.2) is 15.5 Å². The number of benzene rings is 2. The minimum absolute atomic E-state index is 0.00657. The average Bonchev–Trinajstić information content (AvgIpc) is 3.53. The molecule has 0 atom stereocenters. The highest BCUT2D eigenvalue weighted by molar-refractivity contribution is 7.90. The van der Waals surface area contributed by atoms with Gasteiger partial charge in [0, 0.05) is 23.1 Å². The van der Waals surface area contributed by atoms with E-state index in [9.17, 15) is 35.9 Å². The van der Waals surface area contributed by atoms with E-state index in [1.54, 1.807) is 0 Å². The van der Waals surface area contributed by atoms with E-state index in [0.717, 1.165) is 19.2 Å². The maximum Gasteiger partial charge on any atom is 0.435 e. The van der Waals surface area contributed by atoms with Gasteiger partial charge in [-0.25, -0.2) is 12.8 Å². The van der Waals surface area contributed by atoms with Crippen molar-refractivity contribution in [2.24, 2.45) is 0 Å². The first-order valence-electron chi connectivity index (χ1n) is 10.9. The molecule has 37 heavy (non-hydrogen) atoms. The van der Waals surface area contributed by atoms with Crippen molar-refractivity contribution in [3.8, 4) is 11.6 Å². The van der Waals surface area contributed by atoms with Crippen molar-refractivity contribution in [3.63, 3.8) is 0 Å². The van der Waals surface area contributed by atoms with Crippen molar-refractivity contribution in [1.82, 2.24) is 10.2 Å². The lowest BCUT2D eigenvalue weighted by Crippen LogP contribution is -2.21. The van der Waals surface area contributed by atoms with E-state index < -0.39 is 56.0 Å². The molecular weight excluding hydrogens is 518 g/mol. The fourth-order valence-electron chi connectivity index (χ4n) is 3.73. The van der Waals surface area contributed by atoms with Crippen molar-refractivity contribution in [1.29, 1.82) is 0 Å². The summed E-state index contributed by atoms with van der Waals surface area (Å²) in [5, 5.41) is 19.2. The molecule has 2 aromatic carbocycles. The smallest absolute Gasteiger partial charge is 0.435 e. The van der Waals surface area contributed by atoms with Crippen molar-refractivity contribution in [2.45, 2.75) is 43.4 Å². The number of aromatic nitrogens is 2. The molecule has 0 unspecified atom stereocenters. The van der Waals surface area contributed by atoms with Gasteiger partial charge in [-0.15, -0.1) is 10.2 Å². The summed E-state index contributed by atoms with van der Waals surface area (Å²) in [6.45, 7) is 2.35. The molecule has 0 saturated heterocycles. The SMILES string of the molecule is Cc1c(Oc2nnc(C(F)(F)F)c(C)c2C(=O)Nc2cccc(S(C)(=O)=O)c2)ccc(C2(O)CC2)c1F. The standard InChI is InChI=1S/C24H21F4N3O5S/c1-12-17(8-7-16(19(12)25)23(33)9-10-23)36-22-18(13(2)20(30-31-22)24(26,27)28)21(32)29-14-5-4-6-15(11-14)37(3,34)35/h4-8,11,33H,9-10H2,1-3H3,(H,29,32). The number of hydrogen-bond acceptors (Lipinski definition) is 7. The van der Waals surface area contributed by atoms with Gasteiger partial charge in [-0.3, -0.25) is 4.79 Å². The number of rotatable bonds is 6. The lowest BCUT2D eigenvalue weighted by atomic mass is 10.0. The second-order valence-corrected chi connectivity index (χ2v) is 10.8. The van der Waals surface area contributed by atoms with Crippen LogP contribution in [-0.4, -0.2) is 35.9 Å². The van der Waals surface area contributed by atoms with E-state index in [-0.39, 0.29) is 27.5 Å². The zero-order valence-corrected chi connectivity index (χ0v) is 20.6. The highest BCUT2D eigenvalue weighted by Crippen LogP contribution is 2.47. The van der Waals surface area contributed by atoms with Crippen LogP contribution in [0.15, 0.2) is 41.3 Å². The van der Waals surface area contributed by atoms with Crippen molar-refractivity contribution in [3.05, 3.63) is 70.2 Å². The van der Waals surface area contributed by atoms with Gasteiger partial charge < -0.3 is 15.2 Å². The van der Waals surface area contributed by atoms with Gasteiger partial charge >= 0.3 is 6.18 Å². The summed E-state index contributed by atoms with van der Waals surface area (Å²) in [5.74, 6) is -2.60. The quantitative estimate of drug-likeness (QED) is 0.437. The first kappa shape index (κ1) is 26.5. The third kappa shape index (κ3) is 5.27. The molecule has 1 heterocycles. The van der Waals surface area contributed by atoms with Crippen molar-refractivity contribution in [2.75, 3.05) is 11.6 Å². The lowest BCUT2D eigenvalue weighted by Gasteiger charge is -2.18. The monoisotopic (exact) mass is 539 g/mol. The lowest BCUT2D eigenvalue weighted by molar-refractivity contribution is -0.142. The number of amides is 1. The number of alkyl halides is 3. The Morgan fingerprint density at radius 2 is 1.78 bits per heavy atom. The highest BCUT2D eigenvalue weighted by Gasteiger charge is 2.44. The van der Waals surface area contributed by atoms with Gasteiger partial charge in [-0.05, 0) is 62.6 Å². The molecule has 3 aromatic rings. The number of halogens is 4. The summed E-state index contributed by atoms with van der Waals surface area (Å²) in [4.78, 5) is 13.0. The Bertz CT molecular complexity index is 1520. The van der Waals surface area contributed by atoms with Gasteiger partial charge in [0.2, 0.25) is 0 Å². The predicted molar refractivity (Wildman–Crippen MR) is 124 cm³/mol. The summed E-state index contributed by atoms with van der Waals surface area (Å²) >= 11 is 0. The zero-order valence-electron chi connectivity index (χ0n) is 19.8. The summed E-state index contributed by atoms with van der Waals surface area (Å²) in [6.07, 6.45) is -3.21. The molecule has 2 N–H and O–H groups in total. The molecule has 1 aliphatic rings. The molecule has 1 aromatic heterocycles. The molecule has 1 saturated carbocycles. The van der Waals surface area contributed by atoms with E-state index in [0.29, 0.717) is 12.8 Å². The van der Waals surface area contributed by atoms with E-state index in [1.165, 1.54) is 37.3 Å². The Kier molecular flexibility index (Phi) is 6.49. The topological polar surface area (TPSA) is 118 Å². The largest absolute Gasteiger partial charge is 0.437 e. The molecule has 1 fully saturated rings. The molecular formula is C24H21F4N3O5S. The Hall–Kier alpha value is -3.58. The number of ether oxygens (including phenoxy) is 1. The number of sulfone groups is 1. The maximum absolute atomic E-state index is 14.9. The van der Waals surface area contributed by atoms with Gasteiger partial charge in [-0.2, -0.15) is 13.2 Å². The second-order valence-electron chi connectivity index (χ2n) is 8.79. The summed E-state index contributed by atoms with van der Waals surface area (Å²) in [7, 11) is -3.63. The van der Waals surface area contributed by atoms with Crippen LogP contribution in [0.2, 0.25) is 0 Å². The number of nitrogens with one attached hydrogen (secondary N) is 1. The highest BCUT2D eigenvalue weighted by atomic mass is 32.2. The van der Waals surface area contributed by atoms with Crippen LogP contribution in [0.5, 0.6) is 11.6 Å². The molecule has 0 aliphatic heterocycles.